The first-order valence-corrected chi connectivity index (χ1v) is 12.4. The van der Waals surface area contributed by atoms with Gasteiger partial charge in [0.25, 0.3) is 12.3 Å². The Hall–Kier alpha value is -2.92. The number of hydrogen-bond donors (Lipinski definition) is 4. The minimum Gasteiger partial charge on any atom is -0.426 e. The van der Waals surface area contributed by atoms with Crippen LogP contribution >= 0.6 is 0 Å². The van der Waals surface area contributed by atoms with Crippen LogP contribution in [0.3, 0.4) is 0 Å². The molecular formula is C25H34BF3N4O5. The van der Waals surface area contributed by atoms with Gasteiger partial charge in [0.1, 0.15) is 17.7 Å². The van der Waals surface area contributed by atoms with Crippen LogP contribution in [-0.4, -0.2) is 84.4 Å². The minimum absolute atomic E-state index is 0.00930. The van der Waals surface area contributed by atoms with Crippen LogP contribution in [0.1, 0.15) is 32.3 Å². The molecule has 1 aliphatic rings. The smallest absolute Gasteiger partial charge is 0.426 e. The molecule has 4 unspecified atom stereocenters. The first kappa shape index (κ1) is 31.3. The van der Waals surface area contributed by atoms with Gasteiger partial charge in [0, 0.05) is 6.54 Å². The third kappa shape index (κ3) is 9.76. The number of benzene rings is 1. The Labute approximate surface area is 220 Å². The standard InChI is InChI=1S/C25H34BF3N4O5/c1-16(2)11-18(13-30)25(35)33-10-6-9-19(33)14-38-15-20(31-23(29)22(27)28)24(34)32-21(26(36)37)12-17-7-4-3-5-8-17/h3-5,7-8,11,16,19-23,31,36-37H,6,9-10,12,14-15H2,1-2H3,(H,32,34). The summed E-state index contributed by atoms with van der Waals surface area (Å²) in [6.45, 7) is 3.49. The molecule has 1 aromatic carbocycles. The monoisotopic (exact) mass is 538 g/mol. The summed E-state index contributed by atoms with van der Waals surface area (Å²) in [4.78, 5) is 27.1. The molecule has 9 nitrogen and oxygen atoms in total. The summed E-state index contributed by atoms with van der Waals surface area (Å²) < 4.78 is 45.1. The number of nitriles is 1. The minimum atomic E-state index is -3.41. The number of nitrogens with one attached hydrogen (secondary N) is 2. The molecule has 0 spiro atoms. The third-order valence-electron chi connectivity index (χ3n) is 5.97. The summed E-state index contributed by atoms with van der Waals surface area (Å²) in [6.07, 6.45) is -3.42. The van der Waals surface area contributed by atoms with Crippen LogP contribution in [-0.2, 0) is 20.7 Å². The number of rotatable bonds is 14. The van der Waals surface area contributed by atoms with Crippen molar-refractivity contribution in [3.63, 3.8) is 0 Å². The molecule has 1 saturated heterocycles. The summed E-state index contributed by atoms with van der Waals surface area (Å²) in [6, 6.07) is 8.52. The second-order valence-electron chi connectivity index (χ2n) is 9.44. The average molecular weight is 538 g/mol. The number of amides is 2. The Morgan fingerprint density at radius 1 is 1.26 bits per heavy atom. The van der Waals surface area contributed by atoms with Gasteiger partial charge in [-0.2, -0.15) is 5.26 Å². The quantitative estimate of drug-likeness (QED) is 0.122. The van der Waals surface area contributed by atoms with E-state index >= 15 is 0 Å². The molecule has 4 N–H and O–H groups in total. The van der Waals surface area contributed by atoms with Crippen LogP contribution in [0.4, 0.5) is 13.2 Å². The van der Waals surface area contributed by atoms with E-state index in [-0.39, 0.29) is 24.5 Å². The predicted octanol–water partition coefficient (Wildman–Crippen LogP) is 1.36. The number of carbonyl (C=O) groups excluding carboxylic acids is 2. The second-order valence-corrected chi connectivity index (χ2v) is 9.44. The number of nitrogens with zero attached hydrogens (tertiary/aromatic N) is 2. The van der Waals surface area contributed by atoms with Crippen molar-refractivity contribution in [1.82, 2.24) is 15.5 Å². The fraction of sp³-hybridized carbons (Fsp3) is 0.560. The highest BCUT2D eigenvalue weighted by atomic mass is 19.3. The van der Waals surface area contributed by atoms with Crippen molar-refractivity contribution in [3.8, 4) is 6.07 Å². The fourth-order valence-corrected chi connectivity index (χ4v) is 4.09. The Morgan fingerprint density at radius 2 is 1.95 bits per heavy atom. The van der Waals surface area contributed by atoms with Crippen LogP contribution in [0.15, 0.2) is 42.0 Å². The lowest BCUT2D eigenvalue weighted by Gasteiger charge is -2.27. The fourth-order valence-electron chi connectivity index (χ4n) is 4.09. The van der Waals surface area contributed by atoms with Gasteiger partial charge in [-0.15, -0.1) is 0 Å². The zero-order valence-corrected chi connectivity index (χ0v) is 21.4. The first-order chi connectivity index (χ1) is 18.0. The molecule has 1 aromatic rings. The number of allylic oxidation sites excluding steroid dienone is 1. The number of halogens is 3. The van der Waals surface area contributed by atoms with Crippen molar-refractivity contribution in [1.29, 1.82) is 5.26 Å². The van der Waals surface area contributed by atoms with E-state index in [4.69, 9.17) is 4.74 Å². The number of ether oxygens (including phenoxy) is 1. The van der Waals surface area contributed by atoms with Gasteiger partial charge < -0.3 is 25.0 Å². The van der Waals surface area contributed by atoms with Crippen molar-refractivity contribution in [2.24, 2.45) is 5.92 Å². The number of carbonyl (C=O) groups is 2. The Bertz CT molecular complexity index is 977. The van der Waals surface area contributed by atoms with E-state index in [0.717, 1.165) is 0 Å². The van der Waals surface area contributed by atoms with Gasteiger partial charge in [-0.25, -0.2) is 13.2 Å². The molecule has 13 heteroatoms. The Kier molecular flexibility index (Phi) is 12.8. The number of hydrogen-bond acceptors (Lipinski definition) is 7. The van der Waals surface area contributed by atoms with E-state index in [1.54, 1.807) is 36.4 Å². The lowest BCUT2D eigenvalue weighted by molar-refractivity contribution is -0.130. The maximum Gasteiger partial charge on any atom is 0.475 e. The highest BCUT2D eigenvalue weighted by Crippen LogP contribution is 2.21. The van der Waals surface area contributed by atoms with Gasteiger partial charge in [-0.3, -0.25) is 14.9 Å². The average Bonchev–Trinajstić information content (AvgIpc) is 3.34. The van der Waals surface area contributed by atoms with Gasteiger partial charge in [0.05, 0.1) is 25.2 Å². The molecule has 38 heavy (non-hydrogen) atoms. The highest BCUT2D eigenvalue weighted by Gasteiger charge is 2.34. The van der Waals surface area contributed by atoms with Gasteiger partial charge in [0.15, 0.2) is 0 Å². The molecule has 208 valence electrons. The zero-order chi connectivity index (χ0) is 28.2. The van der Waals surface area contributed by atoms with E-state index in [1.165, 1.54) is 4.90 Å². The predicted molar refractivity (Wildman–Crippen MR) is 134 cm³/mol. The first-order valence-electron chi connectivity index (χ1n) is 12.4. The van der Waals surface area contributed by atoms with Crippen LogP contribution < -0.4 is 10.6 Å². The maximum atomic E-state index is 13.8. The Morgan fingerprint density at radius 3 is 2.53 bits per heavy atom. The zero-order valence-electron chi connectivity index (χ0n) is 21.4. The summed E-state index contributed by atoms with van der Waals surface area (Å²) in [5, 5.41) is 33.0. The third-order valence-corrected chi connectivity index (χ3v) is 5.97. The van der Waals surface area contributed by atoms with E-state index in [0.29, 0.717) is 24.9 Å². The van der Waals surface area contributed by atoms with E-state index in [1.807, 2.05) is 25.2 Å². The number of alkyl halides is 3. The van der Waals surface area contributed by atoms with Gasteiger partial charge >= 0.3 is 7.12 Å². The highest BCUT2D eigenvalue weighted by molar-refractivity contribution is 6.43. The van der Waals surface area contributed by atoms with Gasteiger partial charge in [-0.05, 0) is 30.7 Å². The van der Waals surface area contributed by atoms with Crippen molar-refractivity contribution in [2.45, 2.75) is 63.9 Å². The molecule has 0 aliphatic carbocycles. The SMILES string of the molecule is CC(C)C=C(C#N)C(=O)N1CCCC1COCC(NC(F)C(F)F)C(=O)NC(Cc1ccccc1)B(O)O. The van der Waals surface area contributed by atoms with Crippen LogP contribution in [0.2, 0.25) is 0 Å². The second kappa shape index (κ2) is 15.5. The van der Waals surface area contributed by atoms with Gasteiger partial charge in [-0.1, -0.05) is 50.3 Å². The van der Waals surface area contributed by atoms with E-state index < -0.39 is 56.3 Å². The van der Waals surface area contributed by atoms with E-state index in [2.05, 4.69) is 5.32 Å². The number of likely N-dealkylation sites (tertiary alicyclic amines) is 1. The molecule has 0 aromatic heterocycles. The molecular weight excluding hydrogens is 504 g/mol. The van der Waals surface area contributed by atoms with Gasteiger partial charge in [0.2, 0.25) is 12.2 Å². The largest absolute Gasteiger partial charge is 0.475 e. The van der Waals surface area contributed by atoms with E-state index in [9.17, 15) is 38.1 Å². The normalized spacial score (nSPS) is 18.3. The molecule has 0 radical (unpaired) electrons. The molecule has 4 atom stereocenters. The van der Waals surface area contributed by atoms with Crippen LogP contribution in [0.5, 0.6) is 0 Å². The lowest BCUT2D eigenvalue weighted by Crippen LogP contribution is -2.57. The summed E-state index contributed by atoms with van der Waals surface area (Å²) >= 11 is 0. The van der Waals surface area contributed by atoms with Crippen molar-refractivity contribution in [3.05, 3.63) is 47.5 Å². The van der Waals surface area contributed by atoms with Crippen LogP contribution in [0, 0.1) is 17.2 Å². The molecule has 1 aliphatic heterocycles. The molecule has 2 amide bonds. The molecule has 1 fully saturated rings. The maximum absolute atomic E-state index is 13.8. The molecule has 1 heterocycles. The van der Waals surface area contributed by atoms with Crippen molar-refractivity contribution in [2.75, 3.05) is 19.8 Å². The topological polar surface area (TPSA) is 135 Å². The van der Waals surface area contributed by atoms with Crippen molar-refractivity contribution < 1.29 is 37.5 Å². The molecule has 0 saturated carbocycles. The van der Waals surface area contributed by atoms with Crippen molar-refractivity contribution >= 4 is 18.9 Å². The summed E-state index contributed by atoms with van der Waals surface area (Å²) in [5.41, 5.74) is 0.687. The summed E-state index contributed by atoms with van der Waals surface area (Å²) in [7, 11) is -1.97. The lowest BCUT2D eigenvalue weighted by atomic mass is 9.76. The van der Waals surface area contributed by atoms with Crippen LogP contribution in [0.25, 0.3) is 0 Å². The molecule has 2 rings (SSSR count). The summed E-state index contributed by atoms with van der Waals surface area (Å²) in [5.74, 6) is -2.61. The molecule has 0 bridgehead atoms. The Balaban J connectivity index is 2.05.